The maximum absolute atomic E-state index is 12.5. The molecule has 19 heavy (non-hydrogen) atoms. The van der Waals surface area contributed by atoms with Crippen molar-refractivity contribution in [2.24, 2.45) is 0 Å². The summed E-state index contributed by atoms with van der Waals surface area (Å²) in [4.78, 5) is 14.4. The molecule has 0 radical (unpaired) electrons. The van der Waals surface area contributed by atoms with Gasteiger partial charge in [-0.2, -0.15) is 11.3 Å². The lowest BCUT2D eigenvalue weighted by Gasteiger charge is -2.16. The Balaban J connectivity index is 1.76. The van der Waals surface area contributed by atoms with Crippen molar-refractivity contribution in [3.05, 3.63) is 39.4 Å². The average Bonchev–Trinajstić information content (AvgIpc) is 3.09. The van der Waals surface area contributed by atoms with Crippen LogP contribution in [0.2, 0.25) is 0 Å². The predicted molar refractivity (Wildman–Crippen MR) is 73.6 cm³/mol. The third-order valence-corrected chi connectivity index (χ3v) is 4.44. The second-order valence-corrected chi connectivity index (χ2v) is 5.77. The maximum Gasteiger partial charge on any atom is 0.259 e. The molecule has 0 saturated carbocycles. The number of hydrogen-bond acceptors (Lipinski definition) is 4. The summed E-state index contributed by atoms with van der Waals surface area (Å²) in [5, 5.41) is 8.12. The number of rotatable bonds is 2. The number of carbonyl (C=O) groups is 1. The van der Waals surface area contributed by atoms with Gasteiger partial charge in [0.15, 0.2) is 0 Å². The lowest BCUT2D eigenvalue weighted by atomic mass is 10.0. The van der Waals surface area contributed by atoms with Crippen LogP contribution in [0.25, 0.3) is 0 Å². The van der Waals surface area contributed by atoms with Gasteiger partial charge in [0, 0.05) is 19.0 Å². The van der Waals surface area contributed by atoms with Gasteiger partial charge >= 0.3 is 0 Å². The third-order valence-electron chi connectivity index (χ3n) is 3.74. The van der Waals surface area contributed by atoms with E-state index in [4.69, 9.17) is 4.52 Å². The summed E-state index contributed by atoms with van der Waals surface area (Å²) in [6.45, 7) is 5.21. The summed E-state index contributed by atoms with van der Waals surface area (Å²) in [5.41, 5.74) is 2.66. The summed E-state index contributed by atoms with van der Waals surface area (Å²) in [5.74, 6) is 1.13. The van der Waals surface area contributed by atoms with Gasteiger partial charge in [-0.1, -0.05) is 5.16 Å². The van der Waals surface area contributed by atoms with Crippen molar-refractivity contribution >= 4 is 17.2 Å². The largest absolute Gasteiger partial charge is 0.361 e. The Hall–Kier alpha value is -1.62. The smallest absolute Gasteiger partial charge is 0.259 e. The fraction of sp³-hybridized carbons (Fsp3) is 0.429. The number of aryl methyl sites for hydroxylation is 2. The Bertz CT molecular complexity index is 569. The highest BCUT2D eigenvalue weighted by atomic mass is 32.1. The van der Waals surface area contributed by atoms with E-state index in [-0.39, 0.29) is 5.91 Å². The van der Waals surface area contributed by atoms with Crippen LogP contribution in [0.4, 0.5) is 0 Å². The first-order chi connectivity index (χ1) is 9.16. The van der Waals surface area contributed by atoms with Gasteiger partial charge in [-0.15, -0.1) is 0 Å². The molecule has 0 aliphatic carbocycles. The minimum absolute atomic E-state index is 0.0500. The van der Waals surface area contributed by atoms with E-state index >= 15 is 0 Å². The molecule has 2 aromatic heterocycles. The molecule has 0 spiro atoms. The molecule has 0 unspecified atom stereocenters. The van der Waals surface area contributed by atoms with E-state index in [1.807, 2.05) is 11.8 Å². The molecule has 0 bridgehead atoms. The van der Waals surface area contributed by atoms with Gasteiger partial charge < -0.3 is 9.42 Å². The molecule has 0 aromatic carbocycles. The van der Waals surface area contributed by atoms with Gasteiger partial charge in [0.05, 0.1) is 5.69 Å². The highest BCUT2D eigenvalue weighted by molar-refractivity contribution is 7.07. The topological polar surface area (TPSA) is 46.3 Å². The van der Waals surface area contributed by atoms with Gasteiger partial charge in [-0.05, 0) is 42.7 Å². The molecule has 1 atom stereocenters. The summed E-state index contributed by atoms with van der Waals surface area (Å²) in [6, 6.07) is 2.15. The Kier molecular flexibility index (Phi) is 3.14. The van der Waals surface area contributed by atoms with Crippen LogP contribution in [-0.2, 0) is 0 Å². The van der Waals surface area contributed by atoms with Crippen molar-refractivity contribution in [2.75, 3.05) is 13.1 Å². The van der Waals surface area contributed by atoms with Crippen LogP contribution >= 0.6 is 11.3 Å². The number of aromatic nitrogens is 1. The molecule has 1 aliphatic heterocycles. The lowest BCUT2D eigenvalue weighted by molar-refractivity contribution is 0.0788. The van der Waals surface area contributed by atoms with Gasteiger partial charge in [-0.3, -0.25) is 4.79 Å². The van der Waals surface area contributed by atoms with Crippen molar-refractivity contribution in [2.45, 2.75) is 26.2 Å². The average molecular weight is 276 g/mol. The van der Waals surface area contributed by atoms with E-state index in [2.05, 4.69) is 22.0 Å². The molecular formula is C14H16N2O2S. The first-order valence-corrected chi connectivity index (χ1v) is 7.35. The first kappa shape index (κ1) is 12.4. The van der Waals surface area contributed by atoms with Crippen LogP contribution in [0.1, 0.15) is 39.7 Å². The van der Waals surface area contributed by atoms with Gasteiger partial charge in [0.2, 0.25) is 0 Å². The van der Waals surface area contributed by atoms with Crippen LogP contribution in [0, 0.1) is 13.8 Å². The molecule has 1 aliphatic rings. The molecule has 0 N–H and O–H groups in total. The number of thiophene rings is 1. The lowest BCUT2D eigenvalue weighted by Crippen LogP contribution is -2.29. The Morgan fingerprint density at radius 2 is 2.37 bits per heavy atom. The normalized spacial score (nSPS) is 19.1. The van der Waals surface area contributed by atoms with Gasteiger partial charge in [0.25, 0.3) is 5.91 Å². The standard InChI is InChI=1S/C14H16N2O2S/c1-9-13(10(2)18-15-9)14(17)16-5-3-11(7-16)12-4-6-19-8-12/h4,6,8,11H,3,5,7H2,1-2H3/t11-/m0/s1. The molecule has 2 aromatic rings. The quantitative estimate of drug-likeness (QED) is 0.847. The molecule has 4 nitrogen and oxygen atoms in total. The number of nitrogens with zero attached hydrogens (tertiary/aromatic N) is 2. The van der Waals surface area contributed by atoms with Crippen LogP contribution in [0.15, 0.2) is 21.3 Å². The van der Waals surface area contributed by atoms with E-state index in [1.165, 1.54) is 5.56 Å². The monoisotopic (exact) mass is 276 g/mol. The van der Waals surface area contributed by atoms with E-state index < -0.39 is 0 Å². The van der Waals surface area contributed by atoms with Crippen LogP contribution in [-0.4, -0.2) is 29.1 Å². The molecule has 100 valence electrons. The van der Waals surface area contributed by atoms with Crippen molar-refractivity contribution in [3.8, 4) is 0 Å². The van der Waals surface area contributed by atoms with Crippen LogP contribution in [0.3, 0.4) is 0 Å². The summed E-state index contributed by atoms with van der Waals surface area (Å²) in [6.07, 6.45) is 1.03. The van der Waals surface area contributed by atoms with E-state index in [9.17, 15) is 4.79 Å². The molecule has 1 saturated heterocycles. The van der Waals surface area contributed by atoms with E-state index in [0.29, 0.717) is 22.9 Å². The molecule has 1 amide bonds. The molecule has 1 fully saturated rings. The summed E-state index contributed by atoms with van der Waals surface area (Å²) in [7, 11) is 0. The van der Waals surface area contributed by atoms with Gasteiger partial charge in [0.1, 0.15) is 11.3 Å². The fourth-order valence-electron chi connectivity index (χ4n) is 2.67. The Morgan fingerprint density at radius 1 is 1.53 bits per heavy atom. The second kappa shape index (κ2) is 4.81. The van der Waals surface area contributed by atoms with Crippen molar-refractivity contribution in [3.63, 3.8) is 0 Å². The highest BCUT2D eigenvalue weighted by Gasteiger charge is 2.30. The fourth-order valence-corrected chi connectivity index (χ4v) is 3.41. The van der Waals surface area contributed by atoms with Crippen molar-refractivity contribution < 1.29 is 9.32 Å². The number of carbonyl (C=O) groups excluding carboxylic acids is 1. The zero-order valence-corrected chi connectivity index (χ0v) is 11.9. The Labute approximate surface area is 116 Å². The molecule has 5 heteroatoms. The van der Waals surface area contributed by atoms with Crippen molar-refractivity contribution in [1.82, 2.24) is 10.1 Å². The zero-order valence-electron chi connectivity index (χ0n) is 11.0. The van der Waals surface area contributed by atoms with Gasteiger partial charge in [-0.25, -0.2) is 0 Å². The first-order valence-electron chi connectivity index (χ1n) is 6.41. The summed E-state index contributed by atoms with van der Waals surface area (Å²) >= 11 is 1.71. The molecule has 3 heterocycles. The predicted octanol–water partition coefficient (Wildman–Crippen LogP) is 2.98. The second-order valence-electron chi connectivity index (χ2n) is 4.99. The minimum atomic E-state index is 0.0500. The zero-order chi connectivity index (χ0) is 13.4. The Morgan fingerprint density at radius 3 is 3.00 bits per heavy atom. The minimum Gasteiger partial charge on any atom is -0.361 e. The number of likely N-dealkylation sites (tertiary alicyclic amines) is 1. The van der Waals surface area contributed by atoms with E-state index in [1.54, 1.807) is 18.3 Å². The SMILES string of the molecule is Cc1noc(C)c1C(=O)N1CC[C@H](c2ccsc2)C1. The van der Waals surface area contributed by atoms with Crippen LogP contribution < -0.4 is 0 Å². The van der Waals surface area contributed by atoms with E-state index in [0.717, 1.165) is 19.5 Å². The molecular weight excluding hydrogens is 260 g/mol. The number of hydrogen-bond donors (Lipinski definition) is 0. The number of amides is 1. The third kappa shape index (κ3) is 2.18. The summed E-state index contributed by atoms with van der Waals surface area (Å²) < 4.78 is 5.08. The molecule has 3 rings (SSSR count). The maximum atomic E-state index is 12.5. The highest BCUT2D eigenvalue weighted by Crippen LogP contribution is 2.30. The van der Waals surface area contributed by atoms with Crippen LogP contribution in [0.5, 0.6) is 0 Å². The van der Waals surface area contributed by atoms with Crippen molar-refractivity contribution in [1.29, 1.82) is 0 Å².